The molecule has 0 spiro atoms. The molecule has 10 nitrogen and oxygen atoms in total. The van der Waals surface area contributed by atoms with Crippen LogP contribution in [0.15, 0.2) is 112 Å². The molecule has 0 aliphatic heterocycles. The van der Waals surface area contributed by atoms with Gasteiger partial charge in [-0.3, -0.25) is 14.6 Å². The average molecular weight is 604 g/mol. The van der Waals surface area contributed by atoms with Crippen LogP contribution in [0.3, 0.4) is 0 Å². The molecule has 5 N–H and O–H groups in total. The molecule has 0 bridgehead atoms. The number of rotatable bonds is 17. The van der Waals surface area contributed by atoms with Crippen molar-refractivity contribution in [3.63, 3.8) is 0 Å². The van der Waals surface area contributed by atoms with Gasteiger partial charge in [0.15, 0.2) is 0 Å². The second-order valence-corrected chi connectivity index (χ2v) is 7.82. The van der Waals surface area contributed by atoms with Crippen molar-refractivity contribution in [2.75, 3.05) is 33.0 Å². The third-order valence-electron chi connectivity index (χ3n) is 3.97. The Balaban J connectivity index is -0.000000157. The SMILES string of the molecule is C=C(C)C(=O)NCCN(N)C(=O)C(=C)C.C=CC.C=CC(=C)NCNC(=C)C=C.C=CC(=O)OCCOC(=C)CC.CC. The summed E-state index contributed by atoms with van der Waals surface area (Å²) in [4.78, 5) is 32.8. The highest BCUT2D eigenvalue weighted by molar-refractivity contribution is 5.92. The number of hydrogen-bond acceptors (Lipinski definition) is 8. The van der Waals surface area contributed by atoms with Crippen LogP contribution in [-0.2, 0) is 23.9 Å². The smallest absolute Gasteiger partial charge is 0.330 e. The lowest BCUT2D eigenvalue weighted by Gasteiger charge is -2.16. The van der Waals surface area contributed by atoms with Crippen LogP contribution >= 0.6 is 0 Å². The number of esters is 1. The monoisotopic (exact) mass is 603 g/mol. The number of carbonyl (C=O) groups is 3. The Hall–Kier alpha value is -4.57. The minimum absolute atomic E-state index is 0.240. The normalized spacial score (nSPS) is 8.16. The van der Waals surface area contributed by atoms with E-state index in [0.717, 1.165) is 28.9 Å². The van der Waals surface area contributed by atoms with Gasteiger partial charge in [0.05, 0.1) is 19.0 Å². The molecule has 0 fully saturated rings. The number of carbonyl (C=O) groups excluding carboxylic acids is 3. The lowest BCUT2D eigenvalue weighted by molar-refractivity contribution is -0.138. The molecule has 0 saturated carbocycles. The first-order valence-electron chi connectivity index (χ1n) is 13.6. The maximum absolute atomic E-state index is 11.2. The van der Waals surface area contributed by atoms with Gasteiger partial charge in [-0.25, -0.2) is 10.6 Å². The Labute approximate surface area is 261 Å². The van der Waals surface area contributed by atoms with Gasteiger partial charge in [-0.2, -0.15) is 0 Å². The van der Waals surface area contributed by atoms with Gasteiger partial charge in [0.1, 0.15) is 13.2 Å². The van der Waals surface area contributed by atoms with Crippen LogP contribution in [0.2, 0.25) is 0 Å². The summed E-state index contributed by atoms with van der Waals surface area (Å²) in [5, 5.41) is 9.51. The van der Waals surface area contributed by atoms with E-state index in [1.54, 1.807) is 32.1 Å². The van der Waals surface area contributed by atoms with Crippen LogP contribution in [0.1, 0.15) is 48.0 Å². The lowest BCUT2D eigenvalue weighted by atomic mass is 10.3. The van der Waals surface area contributed by atoms with Crippen LogP contribution in [0.5, 0.6) is 0 Å². The summed E-state index contributed by atoms with van der Waals surface area (Å²) in [7, 11) is 0. The van der Waals surface area contributed by atoms with E-state index in [2.05, 4.69) is 79.9 Å². The molecule has 2 amide bonds. The summed E-state index contributed by atoms with van der Waals surface area (Å²) in [6.07, 6.45) is 6.95. The maximum Gasteiger partial charge on any atom is 0.330 e. The topological polar surface area (TPSA) is 135 Å². The standard InChI is InChI=1S/C10H17N3O2.C9H14N2.C9H14O3.C3H6.C2H6/c1-7(2)9(14)12-5-6-13(11)10(15)8(3)4;1-5-8(3)10-7-11-9(4)6-2;1-4-8(3)11-6-7-12-9(10)5-2;1-3-2;1-2/h1,3,5-6,11H2,2,4H3,(H,12,14);5-6,10-11H,1-4,7H2;5H,2-4,6-7H2,1H3;3H,1H2,2H3;1-2H3. The van der Waals surface area contributed by atoms with Gasteiger partial charge in [0.25, 0.3) is 5.91 Å². The predicted octanol–water partition coefficient (Wildman–Crippen LogP) is 5.35. The summed E-state index contributed by atoms with van der Waals surface area (Å²) < 4.78 is 9.74. The Bertz CT molecular complexity index is 903. The number of hydrogen-bond donors (Lipinski definition) is 4. The number of nitrogens with zero attached hydrogens (tertiary/aromatic N) is 1. The summed E-state index contributed by atoms with van der Waals surface area (Å²) >= 11 is 0. The Morgan fingerprint density at radius 2 is 1.23 bits per heavy atom. The second kappa shape index (κ2) is 35.5. The van der Waals surface area contributed by atoms with E-state index >= 15 is 0 Å². The van der Waals surface area contributed by atoms with E-state index in [-0.39, 0.29) is 25.0 Å². The molecule has 0 radical (unpaired) electrons. The Morgan fingerprint density at radius 3 is 1.58 bits per heavy atom. The summed E-state index contributed by atoms with van der Waals surface area (Å²) in [6.45, 7) is 44.4. The molecule has 0 aliphatic rings. The number of ether oxygens (including phenoxy) is 2. The van der Waals surface area contributed by atoms with Crippen molar-refractivity contribution in [1.82, 2.24) is 21.0 Å². The summed E-state index contributed by atoms with van der Waals surface area (Å²) in [5.41, 5.74) is 2.36. The summed E-state index contributed by atoms with van der Waals surface area (Å²) in [6, 6.07) is 0. The van der Waals surface area contributed by atoms with Crippen LogP contribution in [-0.4, -0.2) is 55.8 Å². The van der Waals surface area contributed by atoms with Crippen LogP contribution < -0.4 is 21.8 Å². The molecule has 0 aromatic heterocycles. The van der Waals surface area contributed by atoms with Crippen molar-refractivity contribution in [3.8, 4) is 0 Å². The molecule has 0 saturated heterocycles. The first-order chi connectivity index (χ1) is 20.2. The molecule has 10 heteroatoms. The molecule has 0 atom stereocenters. The van der Waals surface area contributed by atoms with E-state index in [9.17, 15) is 14.4 Å². The highest BCUT2D eigenvalue weighted by atomic mass is 16.6. The molecule has 0 heterocycles. The largest absolute Gasteiger partial charge is 0.495 e. The van der Waals surface area contributed by atoms with Crippen LogP contribution in [0.4, 0.5) is 0 Å². The zero-order valence-corrected chi connectivity index (χ0v) is 27.5. The van der Waals surface area contributed by atoms with E-state index in [1.807, 2.05) is 27.7 Å². The quantitative estimate of drug-likeness (QED) is 0.0167. The van der Waals surface area contributed by atoms with Gasteiger partial charge in [0.2, 0.25) is 5.91 Å². The fourth-order valence-corrected chi connectivity index (χ4v) is 1.69. The fraction of sp³-hybridized carbons (Fsp3) is 0.364. The van der Waals surface area contributed by atoms with Crippen molar-refractivity contribution >= 4 is 17.8 Å². The number of allylic oxidation sites excluding steroid dienone is 4. The minimum Gasteiger partial charge on any atom is -0.495 e. The second-order valence-electron chi connectivity index (χ2n) is 7.82. The van der Waals surface area contributed by atoms with Gasteiger partial charge in [0, 0.05) is 41.6 Å². The summed E-state index contributed by atoms with van der Waals surface area (Å²) in [5.74, 6) is 5.12. The van der Waals surface area contributed by atoms with Gasteiger partial charge < -0.3 is 25.4 Å². The van der Waals surface area contributed by atoms with Crippen molar-refractivity contribution in [2.45, 2.75) is 48.0 Å². The van der Waals surface area contributed by atoms with E-state index < -0.39 is 5.97 Å². The number of nitrogens with one attached hydrogen (secondary N) is 3. The number of nitrogens with two attached hydrogens (primary N) is 1. The zero-order valence-electron chi connectivity index (χ0n) is 27.5. The number of amides is 2. The molecule has 43 heavy (non-hydrogen) atoms. The first-order valence-corrected chi connectivity index (χ1v) is 13.6. The van der Waals surface area contributed by atoms with Crippen molar-refractivity contribution < 1.29 is 23.9 Å². The Morgan fingerprint density at radius 1 is 0.791 bits per heavy atom. The van der Waals surface area contributed by atoms with E-state index in [0.29, 0.717) is 36.7 Å². The van der Waals surface area contributed by atoms with Crippen LogP contribution in [0, 0.1) is 0 Å². The lowest BCUT2D eigenvalue weighted by Crippen LogP contribution is -2.43. The molecule has 0 aliphatic carbocycles. The van der Waals surface area contributed by atoms with E-state index in [4.69, 9.17) is 10.6 Å². The van der Waals surface area contributed by atoms with Crippen molar-refractivity contribution in [2.24, 2.45) is 5.84 Å². The highest BCUT2D eigenvalue weighted by Gasteiger charge is 2.09. The Kier molecular flexibility index (Phi) is 39.7. The van der Waals surface area contributed by atoms with E-state index in [1.165, 1.54) is 0 Å². The highest BCUT2D eigenvalue weighted by Crippen LogP contribution is 1.97. The molecular weight excluding hydrogens is 546 g/mol. The van der Waals surface area contributed by atoms with Gasteiger partial charge in [-0.1, -0.05) is 79.5 Å². The molecular formula is C33H57N5O5. The molecule has 244 valence electrons. The first kappa shape index (κ1) is 48.2. The molecule has 0 rings (SSSR count). The third-order valence-corrected chi connectivity index (χ3v) is 3.97. The van der Waals surface area contributed by atoms with Gasteiger partial charge in [-0.05, 0) is 32.9 Å². The van der Waals surface area contributed by atoms with Crippen molar-refractivity contribution in [3.05, 3.63) is 112 Å². The minimum atomic E-state index is -0.430. The average Bonchev–Trinajstić information content (AvgIpc) is 2.99. The number of hydrazine groups is 1. The van der Waals surface area contributed by atoms with Crippen LogP contribution in [0.25, 0.3) is 0 Å². The maximum atomic E-state index is 11.2. The van der Waals surface area contributed by atoms with Gasteiger partial charge >= 0.3 is 5.97 Å². The molecule has 0 unspecified atom stereocenters. The fourth-order valence-electron chi connectivity index (χ4n) is 1.69. The molecule has 0 aromatic rings. The molecule has 0 aromatic carbocycles. The zero-order chi connectivity index (χ0) is 34.8. The van der Waals surface area contributed by atoms with Gasteiger partial charge in [-0.15, -0.1) is 6.58 Å². The predicted molar refractivity (Wildman–Crippen MR) is 182 cm³/mol. The van der Waals surface area contributed by atoms with Crippen molar-refractivity contribution in [1.29, 1.82) is 0 Å². The third kappa shape index (κ3) is 39.6.